The third-order valence-corrected chi connectivity index (χ3v) is 9.85. The SMILES string of the molecule is C.C1=CCc2ccccc2C1.C1=Cc2ccccc2C1.C1=Cc2ccccc2CC1.CC(C)(C)C.CC(C)(C)C.CC(C)(C)C.CC(C)(C)C.CC(C)(C)C.c1ccc2c(c1)CCC2.c1ccc2c(c1)CCCC2. The molecule has 0 fully saturated rings. The summed E-state index contributed by atoms with van der Waals surface area (Å²) in [5.41, 5.74) is 17.5. The van der Waals surface area contributed by atoms with Gasteiger partial charge in [-0.1, -0.05) is 304 Å². The number of fused-ring (bicyclic) bond motifs is 5. The van der Waals surface area contributed by atoms with Crippen LogP contribution in [0.1, 0.15) is 227 Å². The van der Waals surface area contributed by atoms with E-state index in [2.05, 4.69) is 296 Å². The van der Waals surface area contributed by atoms with E-state index in [0.29, 0.717) is 27.1 Å². The van der Waals surface area contributed by atoms with Crippen LogP contribution in [-0.2, 0) is 51.4 Å². The molecule has 10 rings (SSSR count). The molecule has 5 aliphatic carbocycles. The monoisotopic (exact) mass is 1000 g/mol. The van der Waals surface area contributed by atoms with Crippen molar-refractivity contribution in [2.75, 3.05) is 0 Å². The molecule has 5 aliphatic rings. The summed E-state index contributed by atoms with van der Waals surface area (Å²) in [6.45, 7) is 43.8. The highest BCUT2D eigenvalue weighted by Crippen LogP contribution is 2.22. The predicted molar refractivity (Wildman–Crippen MR) is 340 cm³/mol. The van der Waals surface area contributed by atoms with Crippen LogP contribution >= 0.6 is 0 Å². The standard InChI is InChI=1S/C10H12.2C10H10.C9H10.C9H8.5C5H12.CH4/c3*1-2-6-10-8-4-3-7-9(10)5-1;2*1-2-5-9-7-3-6-8(9)4-1;5*1-5(2,3)4;/h1-2,5-6H,3-4,7-8H2;1-3,5-7H,4,8H2;1-6H,7-8H2;1-2,4-5H,3,6-7H2;1-6H,7H2;5*1-4H3;1H4. The highest BCUT2D eigenvalue weighted by Gasteiger charge is 2.08. The molecule has 0 unspecified atom stereocenters. The van der Waals surface area contributed by atoms with Crippen LogP contribution in [0.3, 0.4) is 0 Å². The first-order chi connectivity index (χ1) is 33.8. The van der Waals surface area contributed by atoms with Crippen molar-refractivity contribution in [1.82, 2.24) is 0 Å². The summed E-state index contributed by atoms with van der Waals surface area (Å²) in [6.07, 6.45) is 28.4. The van der Waals surface area contributed by atoms with E-state index in [1.165, 1.54) is 91.2 Å². The fourth-order valence-electron chi connectivity index (χ4n) is 7.14. The van der Waals surface area contributed by atoms with Gasteiger partial charge in [0, 0.05) is 0 Å². The molecule has 0 saturated heterocycles. The maximum atomic E-state index is 2.26. The van der Waals surface area contributed by atoms with Crippen molar-refractivity contribution in [3.63, 3.8) is 0 Å². The zero-order chi connectivity index (χ0) is 55.1. The molecule has 0 spiro atoms. The second-order valence-corrected chi connectivity index (χ2v) is 28.2. The molecular weight excluding hydrogens is 889 g/mol. The van der Waals surface area contributed by atoms with E-state index < -0.39 is 0 Å². The number of rotatable bonds is 0. The summed E-state index contributed by atoms with van der Waals surface area (Å²) in [4.78, 5) is 0. The minimum absolute atomic E-state index is 0. The summed E-state index contributed by atoms with van der Waals surface area (Å²) < 4.78 is 0. The van der Waals surface area contributed by atoms with Gasteiger partial charge in [0.15, 0.2) is 0 Å². The molecule has 0 atom stereocenters. The van der Waals surface area contributed by atoms with Gasteiger partial charge in [0.1, 0.15) is 0 Å². The highest BCUT2D eigenvalue weighted by atomic mass is 14.1. The Morgan fingerprint density at radius 3 is 0.811 bits per heavy atom. The molecule has 0 saturated carbocycles. The van der Waals surface area contributed by atoms with Crippen LogP contribution in [-0.4, -0.2) is 0 Å². The zero-order valence-corrected chi connectivity index (χ0v) is 51.0. The van der Waals surface area contributed by atoms with Crippen LogP contribution in [0.5, 0.6) is 0 Å². The number of aryl methyl sites for hydroxylation is 5. The van der Waals surface area contributed by atoms with Gasteiger partial charge in [-0.05, 0) is 160 Å². The number of allylic oxidation sites excluding steroid dienone is 4. The van der Waals surface area contributed by atoms with Gasteiger partial charge in [0.2, 0.25) is 0 Å². The molecule has 0 heteroatoms. The van der Waals surface area contributed by atoms with Crippen LogP contribution in [0.15, 0.2) is 146 Å². The molecule has 0 aromatic heterocycles. The summed E-state index contributed by atoms with van der Waals surface area (Å²) >= 11 is 0. The number of benzene rings is 5. The summed E-state index contributed by atoms with van der Waals surface area (Å²) in [5.74, 6) is 0. The average Bonchev–Trinajstić information content (AvgIpc) is 3.98. The van der Waals surface area contributed by atoms with Crippen molar-refractivity contribution in [1.29, 1.82) is 0 Å². The van der Waals surface area contributed by atoms with E-state index >= 15 is 0 Å². The van der Waals surface area contributed by atoms with Crippen LogP contribution in [0.25, 0.3) is 12.2 Å². The van der Waals surface area contributed by atoms with Crippen LogP contribution in [0.4, 0.5) is 0 Å². The fraction of sp³-hybridized carbons (Fsp3) is 0.514. The van der Waals surface area contributed by atoms with E-state index in [9.17, 15) is 0 Å². The second-order valence-electron chi connectivity index (χ2n) is 28.2. The Balaban J connectivity index is 0.000000813. The Hall–Kier alpha value is -4.68. The molecule has 0 amide bonds. The van der Waals surface area contributed by atoms with Crippen molar-refractivity contribution < 1.29 is 0 Å². The van der Waals surface area contributed by atoms with E-state index in [1.54, 1.807) is 22.3 Å². The lowest BCUT2D eigenvalue weighted by molar-refractivity contribution is 0.469. The molecular formula is C74H114. The van der Waals surface area contributed by atoms with Crippen molar-refractivity contribution >= 4 is 12.2 Å². The molecule has 0 nitrogen and oxygen atoms in total. The fourth-order valence-corrected chi connectivity index (χ4v) is 7.14. The summed E-state index contributed by atoms with van der Waals surface area (Å²) in [7, 11) is 0. The Bertz CT molecular complexity index is 2120. The lowest BCUT2D eigenvalue weighted by atomic mass is 9.92. The minimum Gasteiger partial charge on any atom is -0.0838 e. The van der Waals surface area contributed by atoms with Gasteiger partial charge in [-0.25, -0.2) is 0 Å². The Labute approximate surface area is 461 Å². The molecule has 0 N–H and O–H groups in total. The molecule has 74 heavy (non-hydrogen) atoms. The van der Waals surface area contributed by atoms with E-state index in [1.807, 2.05) is 0 Å². The molecule has 0 bridgehead atoms. The highest BCUT2D eigenvalue weighted by molar-refractivity contribution is 5.59. The quantitative estimate of drug-likeness (QED) is 0.136. The number of hydrogen-bond donors (Lipinski definition) is 0. The summed E-state index contributed by atoms with van der Waals surface area (Å²) in [6, 6.07) is 43.2. The first-order valence-corrected chi connectivity index (χ1v) is 28.2. The van der Waals surface area contributed by atoms with Gasteiger partial charge < -0.3 is 0 Å². The van der Waals surface area contributed by atoms with E-state index in [-0.39, 0.29) is 7.43 Å². The van der Waals surface area contributed by atoms with Crippen molar-refractivity contribution in [2.45, 2.75) is 223 Å². The van der Waals surface area contributed by atoms with E-state index in [4.69, 9.17) is 0 Å². The first-order valence-electron chi connectivity index (χ1n) is 28.2. The van der Waals surface area contributed by atoms with Gasteiger partial charge in [-0.2, -0.15) is 0 Å². The van der Waals surface area contributed by atoms with Crippen molar-refractivity contribution in [2.24, 2.45) is 27.1 Å². The Kier molecular flexibility index (Phi) is 33.3. The third-order valence-electron chi connectivity index (χ3n) is 9.85. The van der Waals surface area contributed by atoms with Crippen LogP contribution in [0, 0.1) is 27.1 Å². The second kappa shape index (κ2) is 35.6. The zero-order valence-electron chi connectivity index (χ0n) is 51.0. The molecule has 410 valence electrons. The molecule has 0 aliphatic heterocycles. The van der Waals surface area contributed by atoms with Gasteiger partial charge in [0.05, 0.1) is 0 Å². The van der Waals surface area contributed by atoms with Gasteiger partial charge in [0.25, 0.3) is 0 Å². The molecule has 5 aromatic carbocycles. The largest absolute Gasteiger partial charge is 0.0838 e. The lowest BCUT2D eigenvalue weighted by Gasteiger charge is -2.13. The Morgan fingerprint density at radius 1 is 0.243 bits per heavy atom. The lowest BCUT2D eigenvalue weighted by Crippen LogP contribution is -2.00. The van der Waals surface area contributed by atoms with Crippen molar-refractivity contribution in [3.05, 3.63) is 201 Å². The van der Waals surface area contributed by atoms with Gasteiger partial charge in [-0.3, -0.25) is 0 Å². The average molecular weight is 1000 g/mol. The smallest absolute Gasteiger partial charge is 0.00882 e. The minimum atomic E-state index is 0. The first kappa shape index (κ1) is 69.3. The molecule has 0 radical (unpaired) electrons. The maximum absolute atomic E-state index is 2.26. The van der Waals surface area contributed by atoms with Gasteiger partial charge >= 0.3 is 0 Å². The topological polar surface area (TPSA) is 0 Å². The summed E-state index contributed by atoms with van der Waals surface area (Å²) in [5, 5.41) is 0. The van der Waals surface area contributed by atoms with Crippen molar-refractivity contribution in [3.8, 4) is 0 Å². The third kappa shape index (κ3) is 42.7. The van der Waals surface area contributed by atoms with E-state index in [0.717, 1.165) is 19.3 Å². The Morgan fingerprint density at radius 2 is 0.486 bits per heavy atom. The predicted octanol–water partition coefficient (Wildman–Crippen LogP) is 22.9. The van der Waals surface area contributed by atoms with Crippen LogP contribution in [0.2, 0.25) is 0 Å². The maximum Gasteiger partial charge on any atom is -0.00882 e. The normalized spacial score (nSPS) is 13.8. The molecule has 5 aromatic rings. The molecule has 0 heterocycles. The van der Waals surface area contributed by atoms with Crippen LogP contribution < -0.4 is 0 Å². The number of hydrogen-bond acceptors (Lipinski definition) is 0. The van der Waals surface area contributed by atoms with Gasteiger partial charge in [-0.15, -0.1) is 0 Å².